The summed E-state index contributed by atoms with van der Waals surface area (Å²) in [6.07, 6.45) is 5.52. The Morgan fingerprint density at radius 1 is 1.10 bits per heavy atom. The van der Waals surface area contributed by atoms with Crippen molar-refractivity contribution in [3.63, 3.8) is 0 Å². The van der Waals surface area contributed by atoms with E-state index < -0.39 is 0 Å². The molecule has 8 heteroatoms. The molecule has 0 spiro atoms. The number of fused-ring (bicyclic) bond motifs is 1. The Bertz CT molecular complexity index is 803. The van der Waals surface area contributed by atoms with Gasteiger partial charge < -0.3 is 20.0 Å². The lowest BCUT2D eigenvalue weighted by Crippen LogP contribution is -2.38. The molecule has 1 unspecified atom stereocenters. The van der Waals surface area contributed by atoms with Crippen molar-refractivity contribution in [1.29, 1.82) is 0 Å². The van der Waals surface area contributed by atoms with Crippen molar-refractivity contribution in [3.8, 4) is 0 Å². The highest BCUT2D eigenvalue weighted by atomic mass is 16.2. The van der Waals surface area contributed by atoms with Gasteiger partial charge in [0.1, 0.15) is 5.82 Å². The minimum Gasteiger partial charge on any atom is -0.373 e. The molecular formula is C23H36N6O2. The molecule has 0 aliphatic carbocycles. The zero-order valence-electron chi connectivity index (χ0n) is 19.2. The summed E-state index contributed by atoms with van der Waals surface area (Å²) in [5.41, 5.74) is 2.02. The summed E-state index contributed by atoms with van der Waals surface area (Å²) in [5.74, 6) is 2.37. The van der Waals surface area contributed by atoms with Crippen LogP contribution in [0.15, 0.2) is 0 Å². The quantitative estimate of drug-likeness (QED) is 0.774. The van der Waals surface area contributed by atoms with Crippen LogP contribution in [0.5, 0.6) is 0 Å². The molecule has 2 fully saturated rings. The SMILES string of the molecule is CCN1CCC(CC(=O)N2CCCC2c2nc3c(c(NC)n2)CN(C(C)=O)CC3)CC1. The second kappa shape index (κ2) is 9.51. The number of hydrogen-bond donors (Lipinski definition) is 1. The van der Waals surface area contributed by atoms with Gasteiger partial charge in [-0.05, 0) is 51.2 Å². The van der Waals surface area contributed by atoms with Crippen molar-refractivity contribution in [2.75, 3.05) is 45.1 Å². The highest BCUT2D eigenvalue weighted by Crippen LogP contribution is 2.34. The van der Waals surface area contributed by atoms with Gasteiger partial charge in [0.25, 0.3) is 0 Å². The number of amides is 2. The lowest BCUT2D eigenvalue weighted by Gasteiger charge is -2.33. The van der Waals surface area contributed by atoms with Crippen LogP contribution in [0.2, 0.25) is 0 Å². The normalized spacial score (nSPS) is 22.5. The highest BCUT2D eigenvalue weighted by molar-refractivity contribution is 5.77. The van der Waals surface area contributed by atoms with Gasteiger partial charge in [-0.25, -0.2) is 9.97 Å². The second-order valence-corrected chi connectivity index (χ2v) is 9.12. The molecule has 4 heterocycles. The van der Waals surface area contributed by atoms with Crippen LogP contribution < -0.4 is 5.32 Å². The van der Waals surface area contributed by atoms with Crippen LogP contribution in [-0.2, 0) is 22.6 Å². The zero-order chi connectivity index (χ0) is 22.0. The van der Waals surface area contributed by atoms with Crippen LogP contribution in [-0.4, -0.2) is 76.3 Å². The topological polar surface area (TPSA) is 81.7 Å². The summed E-state index contributed by atoms with van der Waals surface area (Å²) in [6, 6.07) is -0.0357. The number of rotatable bonds is 5. The standard InChI is InChI=1S/C23H36N6O2/c1-4-27-11-7-17(8-12-27)14-21(31)29-10-5-6-20(29)23-25-19-9-13-28(16(2)30)15-18(19)22(24-3)26-23/h17,20H,4-15H2,1-3H3,(H,24,25,26). The Labute approximate surface area is 185 Å². The molecule has 0 radical (unpaired) electrons. The molecule has 0 bridgehead atoms. The number of hydrogen-bond acceptors (Lipinski definition) is 6. The third-order valence-electron chi connectivity index (χ3n) is 7.25. The van der Waals surface area contributed by atoms with Gasteiger partial charge in [-0.2, -0.15) is 0 Å². The maximum atomic E-state index is 13.2. The van der Waals surface area contributed by atoms with Gasteiger partial charge in [0.15, 0.2) is 5.82 Å². The Hall–Kier alpha value is -2.22. The Morgan fingerprint density at radius 2 is 1.87 bits per heavy atom. The molecule has 0 aromatic carbocycles. The van der Waals surface area contributed by atoms with Crippen LogP contribution in [0.25, 0.3) is 0 Å². The molecule has 0 saturated carbocycles. The molecule has 4 rings (SSSR count). The molecule has 3 aliphatic heterocycles. The fraction of sp³-hybridized carbons (Fsp3) is 0.739. The Kier molecular flexibility index (Phi) is 6.74. The maximum Gasteiger partial charge on any atom is 0.223 e. The molecule has 170 valence electrons. The molecule has 1 aromatic heterocycles. The van der Waals surface area contributed by atoms with E-state index in [-0.39, 0.29) is 17.9 Å². The lowest BCUT2D eigenvalue weighted by molar-refractivity contribution is -0.133. The minimum absolute atomic E-state index is 0.0357. The van der Waals surface area contributed by atoms with Crippen molar-refractivity contribution in [1.82, 2.24) is 24.7 Å². The summed E-state index contributed by atoms with van der Waals surface area (Å²) >= 11 is 0. The van der Waals surface area contributed by atoms with Gasteiger partial charge in [-0.1, -0.05) is 6.92 Å². The molecule has 1 N–H and O–H groups in total. The van der Waals surface area contributed by atoms with Crippen molar-refractivity contribution in [2.45, 2.75) is 65.0 Å². The molecule has 2 amide bonds. The lowest BCUT2D eigenvalue weighted by atomic mass is 9.93. The van der Waals surface area contributed by atoms with Crippen LogP contribution in [0.1, 0.15) is 69.1 Å². The van der Waals surface area contributed by atoms with Crippen molar-refractivity contribution in [2.24, 2.45) is 5.92 Å². The van der Waals surface area contributed by atoms with Crippen LogP contribution >= 0.6 is 0 Å². The van der Waals surface area contributed by atoms with Crippen molar-refractivity contribution < 1.29 is 9.59 Å². The van der Waals surface area contributed by atoms with E-state index in [4.69, 9.17) is 9.97 Å². The molecule has 31 heavy (non-hydrogen) atoms. The molecule has 8 nitrogen and oxygen atoms in total. The number of nitrogens with zero attached hydrogens (tertiary/aromatic N) is 5. The third-order valence-corrected chi connectivity index (χ3v) is 7.25. The highest BCUT2D eigenvalue weighted by Gasteiger charge is 2.35. The first-order valence-electron chi connectivity index (χ1n) is 11.8. The van der Waals surface area contributed by atoms with Gasteiger partial charge in [-0.3, -0.25) is 9.59 Å². The molecule has 2 saturated heterocycles. The number of nitrogens with one attached hydrogen (secondary N) is 1. The van der Waals surface area contributed by atoms with E-state index in [0.29, 0.717) is 25.4 Å². The smallest absolute Gasteiger partial charge is 0.223 e. The predicted molar refractivity (Wildman–Crippen MR) is 120 cm³/mol. The summed E-state index contributed by atoms with van der Waals surface area (Å²) in [5, 5.41) is 3.20. The molecule has 3 aliphatic rings. The average Bonchev–Trinajstić information content (AvgIpc) is 3.28. The second-order valence-electron chi connectivity index (χ2n) is 9.12. The summed E-state index contributed by atoms with van der Waals surface area (Å²) in [4.78, 5) is 41.1. The van der Waals surface area contributed by atoms with E-state index in [1.165, 1.54) is 0 Å². The molecule has 1 atom stereocenters. The minimum atomic E-state index is -0.0357. The van der Waals surface area contributed by atoms with Crippen molar-refractivity contribution >= 4 is 17.6 Å². The fourth-order valence-corrected chi connectivity index (χ4v) is 5.26. The first-order chi connectivity index (χ1) is 15.0. The van der Waals surface area contributed by atoms with Gasteiger partial charge in [0.2, 0.25) is 11.8 Å². The monoisotopic (exact) mass is 428 g/mol. The largest absolute Gasteiger partial charge is 0.373 e. The summed E-state index contributed by atoms with van der Waals surface area (Å²) in [7, 11) is 1.86. The van der Waals surface area contributed by atoms with Gasteiger partial charge in [-0.15, -0.1) is 0 Å². The van der Waals surface area contributed by atoms with E-state index in [1.807, 2.05) is 16.8 Å². The Morgan fingerprint density at radius 3 is 2.55 bits per heavy atom. The summed E-state index contributed by atoms with van der Waals surface area (Å²) < 4.78 is 0. The van der Waals surface area contributed by atoms with Gasteiger partial charge >= 0.3 is 0 Å². The number of carbonyl (C=O) groups excluding carboxylic acids is 2. The van der Waals surface area contributed by atoms with E-state index >= 15 is 0 Å². The molecular weight excluding hydrogens is 392 g/mol. The maximum absolute atomic E-state index is 13.2. The molecule has 1 aromatic rings. The predicted octanol–water partition coefficient (Wildman–Crippen LogP) is 2.21. The number of aromatic nitrogens is 2. The number of anilines is 1. The summed E-state index contributed by atoms with van der Waals surface area (Å²) in [6.45, 7) is 9.15. The average molecular weight is 429 g/mol. The van der Waals surface area contributed by atoms with Crippen molar-refractivity contribution in [3.05, 3.63) is 17.1 Å². The van der Waals surface area contributed by atoms with E-state index in [2.05, 4.69) is 17.1 Å². The number of likely N-dealkylation sites (tertiary alicyclic amines) is 2. The number of carbonyl (C=O) groups is 2. The Balaban J connectivity index is 1.48. The van der Waals surface area contributed by atoms with Gasteiger partial charge in [0.05, 0.1) is 18.3 Å². The van der Waals surface area contributed by atoms with E-state index in [9.17, 15) is 9.59 Å². The van der Waals surface area contributed by atoms with Crippen LogP contribution in [0.4, 0.5) is 5.82 Å². The van der Waals surface area contributed by atoms with Crippen LogP contribution in [0.3, 0.4) is 0 Å². The zero-order valence-corrected chi connectivity index (χ0v) is 19.2. The number of piperidine rings is 1. The third kappa shape index (κ3) is 4.68. The van der Waals surface area contributed by atoms with Gasteiger partial charge in [0, 0.05) is 45.5 Å². The first-order valence-corrected chi connectivity index (χ1v) is 11.8. The first kappa shape index (κ1) is 22.0. The fourth-order valence-electron chi connectivity index (χ4n) is 5.26. The van der Waals surface area contributed by atoms with Crippen LogP contribution in [0, 0.1) is 5.92 Å². The van der Waals surface area contributed by atoms with E-state index in [1.54, 1.807) is 6.92 Å². The van der Waals surface area contributed by atoms with E-state index in [0.717, 1.165) is 81.2 Å².